The summed E-state index contributed by atoms with van der Waals surface area (Å²) in [4.78, 5) is 20.2. The molecule has 0 saturated carbocycles. The molecule has 0 aliphatic heterocycles. The van der Waals surface area contributed by atoms with E-state index in [1.807, 2.05) is 79.0 Å². The molecule has 5 heterocycles. The molecular formula is C50H31N7. The van der Waals surface area contributed by atoms with E-state index in [1.54, 1.807) is 0 Å². The first-order valence-electron chi connectivity index (χ1n) is 19.1. The maximum Gasteiger partial charge on any atom is 0.238 e. The maximum atomic E-state index is 5.20. The van der Waals surface area contributed by atoms with Gasteiger partial charge in [-0.2, -0.15) is 9.97 Å². The fourth-order valence-corrected chi connectivity index (χ4v) is 8.71. The zero-order valence-electron chi connectivity index (χ0n) is 30.5. The Morgan fingerprint density at radius 3 is 1.58 bits per heavy atom. The van der Waals surface area contributed by atoms with Crippen LogP contribution in [-0.4, -0.2) is 33.6 Å². The van der Waals surface area contributed by atoms with E-state index in [0.717, 1.165) is 77.3 Å². The van der Waals surface area contributed by atoms with Gasteiger partial charge >= 0.3 is 0 Å². The summed E-state index contributed by atoms with van der Waals surface area (Å²) in [7, 11) is 0. The fourth-order valence-electron chi connectivity index (χ4n) is 8.71. The van der Waals surface area contributed by atoms with Gasteiger partial charge in [0.2, 0.25) is 5.95 Å². The minimum absolute atomic E-state index is 0.570. The molecule has 12 aromatic rings. The largest absolute Gasteiger partial charge is 0.309 e. The van der Waals surface area contributed by atoms with Crippen LogP contribution in [0.5, 0.6) is 0 Å². The molecule has 0 atom stereocenters. The topological polar surface area (TPSA) is 66.3 Å². The molecule has 7 heteroatoms. The number of fused-ring (bicyclic) bond motifs is 10. The second kappa shape index (κ2) is 12.3. The van der Waals surface area contributed by atoms with Crippen molar-refractivity contribution >= 4 is 65.4 Å². The Balaban J connectivity index is 1.23. The second-order valence-electron chi connectivity index (χ2n) is 14.3. The SMILES string of the molecule is c1ccc(-c2nc(-c3ccccc3)nc(-n3c4ccccc4c4cc5c(cc43)c3ccc4c(c6ccccc6n4-c4ccccn4)c3n5-c3ccccc3)n2)cc1. The lowest BCUT2D eigenvalue weighted by atomic mass is 10.1. The number of rotatable bonds is 5. The first kappa shape index (κ1) is 31.5. The molecule has 5 aromatic heterocycles. The van der Waals surface area contributed by atoms with Crippen molar-refractivity contribution in [2.24, 2.45) is 0 Å². The third-order valence-corrected chi connectivity index (χ3v) is 11.1. The number of pyridine rings is 1. The number of para-hydroxylation sites is 3. The highest BCUT2D eigenvalue weighted by Gasteiger charge is 2.24. The molecule has 0 spiro atoms. The van der Waals surface area contributed by atoms with Gasteiger partial charge in [-0.3, -0.25) is 9.13 Å². The smallest absolute Gasteiger partial charge is 0.238 e. The summed E-state index contributed by atoms with van der Waals surface area (Å²) in [6, 6.07) is 63.5. The number of benzene rings is 7. The molecule has 266 valence electrons. The molecule has 12 rings (SSSR count). The van der Waals surface area contributed by atoms with Gasteiger partial charge in [-0.15, -0.1) is 0 Å². The lowest BCUT2D eigenvalue weighted by Crippen LogP contribution is -2.06. The first-order chi connectivity index (χ1) is 28.3. The molecule has 0 radical (unpaired) electrons. The van der Waals surface area contributed by atoms with Crippen LogP contribution in [0.3, 0.4) is 0 Å². The van der Waals surface area contributed by atoms with Crippen LogP contribution < -0.4 is 0 Å². The van der Waals surface area contributed by atoms with E-state index in [2.05, 4.69) is 123 Å². The predicted molar refractivity (Wildman–Crippen MR) is 232 cm³/mol. The predicted octanol–water partition coefficient (Wildman–Crippen LogP) is 11.9. The highest BCUT2D eigenvalue weighted by molar-refractivity contribution is 6.28. The minimum atomic E-state index is 0.570. The van der Waals surface area contributed by atoms with Gasteiger partial charge < -0.3 is 4.57 Å². The highest BCUT2D eigenvalue weighted by Crippen LogP contribution is 2.44. The standard InChI is InChI=1S/C50H31N7/c1-4-16-32(17-5-1)48-52-49(33-18-6-2-7-19-33)54-50(53-48)57-40-24-12-10-22-35(40)38-30-43-39(31-44(38)57)36-27-28-42-46(47(36)55(43)34-20-8-3-9-21-34)37-23-11-13-25-41(37)56(42)45-26-14-15-29-51-45/h1-31H. The molecule has 0 N–H and O–H groups in total. The van der Waals surface area contributed by atoms with Crippen molar-refractivity contribution < 1.29 is 0 Å². The van der Waals surface area contributed by atoms with Gasteiger partial charge in [-0.1, -0.05) is 127 Å². The average molecular weight is 730 g/mol. The number of hydrogen-bond donors (Lipinski definition) is 0. The zero-order valence-corrected chi connectivity index (χ0v) is 30.5. The van der Waals surface area contributed by atoms with Crippen LogP contribution in [0, 0.1) is 0 Å². The third kappa shape index (κ3) is 4.72. The molecular weight excluding hydrogens is 699 g/mol. The molecule has 0 bridgehead atoms. The van der Waals surface area contributed by atoms with E-state index in [4.69, 9.17) is 19.9 Å². The fraction of sp³-hybridized carbons (Fsp3) is 0. The van der Waals surface area contributed by atoms with Crippen LogP contribution in [0.15, 0.2) is 188 Å². The summed E-state index contributed by atoms with van der Waals surface area (Å²) in [6.45, 7) is 0. The van der Waals surface area contributed by atoms with Crippen LogP contribution in [0.25, 0.3) is 106 Å². The van der Waals surface area contributed by atoms with Crippen molar-refractivity contribution in [3.05, 3.63) is 188 Å². The maximum absolute atomic E-state index is 5.20. The molecule has 0 saturated heterocycles. The van der Waals surface area contributed by atoms with E-state index in [9.17, 15) is 0 Å². The summed E-state index contributed by atoms with van der Waals surface area (Å²) in [6.07, 6.45) is 1.86. The Kier molecular flexibility index (Phi) is 6.79. The quantitative estimate of drug-likeness (QED) is 0.177. The zero-order chi connectivity index (χ0) is 37.5. The summed E-state index contributed by atoms with van der Waals surface area (Å²) < 4.78 is 6.93. The highest BCUT2D eigenvalue weighted by atomic mass is 15.2. The van der Waals surface area contributed by atoms with Crippen molar-refractivity contribution in [3.8, 4) is 40.2 Å². The van der Waals surface area contributed by atoms with Crippen molar-refractivity contribution in [3.63, 3.8) is 0 Å². The number of nitrogens with zero attached hydrogens (tertiary/aromatic N) is 7. The lowest BCUT2D eigenvalue weighted by molar-refractivity contribution is 0.954. The molecule has 7 aromatic carbocycles. The number of hydrogen-bond acceptors (Lipinski definition) is 4. The van der Waals surface area contributed by atoms with Gasteiger partial charge in [0.05, 0.1) is 33.1 Å². The number of aromatic nitrogens is 7. The van der Waals surface area contributed by atoms with E-state index in [1.165, 1.54) is 10.8 Å². The van der Waals surface area contributed by atoms with Gasteiger partial charge in [-0.05, 0) is 54.6 Å². The minimum Gasteiger partial charge on any atom is -0.309 e. The first-order valence-corrected chi connectivity index (χ1v) is 19.1. The van der Waals surface area contributed by atoms with Crippen molar-refractivity contribution in [1.29, 1.82) is 0 Å². The lowest BCUT2D eigenvalue weighted by Gasteiger charge is -2.11. The molecule has 57 heavy (non-hydrogen) atoms. The van der Waals surface area contributed by atoms with Crippen LogP contribution in [-0.2, 0) is 0 Å². The molecule has 7 nitrogen and oxygen atoms in total. The van der Waals surface area contributed by atoms with Crippen molar-refractivity contribution in [2.45, 2.75) is 0 Å². The molecule has 0 unspecified atom stereocenters. The van der Waals surface area contributed by atoms with Gasteiger partial charge in [-0.25, -0.2) is 9.97 Å². The Bertz CT molecular complexity index is 3440. The molecule has 0 aliphatic rings. The summed E-state index contributed by atoms with van der Waals surface area (Å²) in [5.74, 6) is 2.71. The van der Waals surface area contributed by atoms with Gasteiger partial charge in [0.1, 0.15) is 5.82 Å². The van der Waals surface area contributed by atoms with E-state index < -0.39 is 0 Å². The average Bonchev–Trinajstić information content (AvgIpc) is 3.92. The monoisotopic (exact) mass is 729 g/mol. The van der Waals surface area contributed by atoms with Crippen LogP contribution in [0.1, 0.15) is 0 Å². The van der Waals surface area contributed by atoms with Gasteiger partial charge in [0.15, 0.2) is 11.6 Å². The summed E-state index contributed by atoms with van der Waals surface area (Å²) >= 11 is 0. The van der Waals surface area contributed by atoms with Gasteiger partial charge in [0, 0.05) is 55.3 Å². The van der Waals surface area contributed by atoms with Crippen LogP contribution in [0.4, 0.5) is 0 Å². The van der Waals surface area contributed by atoms with Crippen LogP contribution in [0.2, 0.25) is 0 Å². The van der Waals surface area contributed by atoms with E-state index in [0.29, 0.717) is 17.6 Å². The molecule has 0 fully saturated rings. The van der Waals surface area contributed by atoms with Crippen molar-refractivity contribution in [1.82, 2.24) is 33.6 Å². The van der Waals surface area contributed by atoms with E-state index in [-0.39, 0.29) is 0 Å². The Labute approximate surface area is 326 Å². The third-order valence-electron chi connectivity index (χ3n) is 11.1. The Hall–Kier alpha value is -7.90. The normalized spacial score (nSPS) is 11.9. The molecule has 0 aliphatic carbocycles. The molecule has 0 amide bonds. The Morgan fingerprint density at radius 2 is 0.912 bits per heavy atom. The summed E-state index contributed by atoms with van der Waals surface area (Å²) in [5, 5.41) is 6.91. The Morgan fingerprint density at radius 1 is 0.351 bits per heavy atom. The summed E-state index contributed by atoms with van der Waals surface area (Å²) in [5.41, 5.74) is 9.51. The second-order valence-corrected chi connectivity index (χ2v) is 14.3. The van der Waals surface area contributed by atoms with E-state index >= 15 is 0 Å². The van der Waals surface area contributed by atoms with Gasteiger partial charge in [0.25, 0.3) is 0 Å². The van der Waals surface area contributed by atoms with Crippen molar-refractivity contribution in [2.75, 3.05) is 0 Å². The van der Waals surface area contributed by atoms with Crippen LogP contribution >= 0.6 is 0 Å².